The maximum absolute atomic E-state index is 10.0. The molecule has 1 aromatic heterocycles. The monoisotopic (exact) mass is 213 g/mol. The highest BCUT2D eigenvalue weighted by Gasteiger charge is 2.22. The molecule has 1 unspecified atom stereocenters. The van der Waals surface area contributed by atoms with Crippen LogP contribution in [-0.4, -0.2) is 37.5 Å². The summed E-state index contributed by atoms with van der Waals surface area (Å²) in [7, 11) is 1.75. The molecule has 6 nitrogen and oxygen atoms in total. The van der Waals surface area contributed by atoms with Crippen LogP contribution in [0.4, 0.5) is 5.95 Å². The highest BCUT2D eigenvalue weighted by Crippen LogP contribution is 2.16. The smallest absolute Gasteiger partial charge is 0.242 e. The van der Waals surface area contributed by atoms with Crippen LogP contribution in [0, 0.1) is 5.92 Å². The number of hydrogen-bond donors (Lipinski definition) is 2. The molecule has 1 atom stereocenters. The quantitative estimate of drug-likeness (QED) is 0.741. The molecular formula is C9H19N5O. The molecule has 0 aliphatic carbocycles. The Morgan fingerprint density at radius 3 is 2.67 bits per heavy atom. The summed E-state index contributed by atoms with van der Waals surface area (Å²) in [5, 5.41) is 24.0. The number of anilines is 1. The number of tetrazole rings is 1. The van der Waals surface area contributed by atoms with Crippen LogP contribution in [0.25, 0.3) is 0 Å². The van der Waals surface area contributed by atoms with Crippen molar-refractivity contribution in [3.63, 3.8) is 0 Å². The third-order valence-electron chi connectivity index (χ3n) is 2.10. The molecule has 86 valence electrons. The van der Waals surface area contributed by atoms with Gasteiger partial charge in [-0.2, -0.15) is 0 Å². The molecule has 0 spiro atoms. The van der Waals surface area contributed by atoms with E-state index in [-0.39, 0.29) is 0 Å². The zero-order chi connectivity index (χ0) is 11.5. The van der Waals surface area contributed by atoms with Crippen LogP contribution in [-0.2, 0) is 7.05 Å². The van der Waals surface area contributed by atoms with Crippen molar-refractivity contribution < 1.29 is 5.11 Å². The second kappa shape index (κ2) is 4.57. The Morgan fingerprint density at radius 1 is 1.53 bits per heavy atom. The summed E-state index contributed by atoms with van der Waals surface area (Å²) in [4.78, 5) is 0. The zero-order valence-corrected chi connectivity index (χ0v) is 9.73. The fourth-order valence-electron chi connectivity index (χ4n) is 1.60. The summed E-state index contributed by atoms with van der Waals surface area (Å²) in [5.41, 5.74) is -0.736. The summed E-state index contributed by atoms with van der Waals surface area (Å²) in [6.45, 7) is 6.42. The maximum atomic E-state index is 10.0. The van der Waals surface area contributed by atoms with Crippen molar-refractivity contribution in [2.75, 3.05) is 11.9 Å². The second-order valence-electron chi connectivity index (χ2n) is 4.57. The number of nitrogens with zero attached hydrogens (tertiary/aromatic N) is 4. The first-order valence-corrected chi connectivity index (χ1v) is 5.09. The van der Waals surface area contributed by atoms with Crippen molar-refractivity contribution in [1.82, 2.24) is 20.2 Å². The van der Waals surface area contributed by atoms with Crippen molar-refractivity contribution in [2.45, 2.75) is 32.8 Å². The first kappa shape index (κ1) is 11.9. The van der Waals surface area contributed by atoms with Crippen LogP contribution >= 0.6 is 0 Å². The number of rotatable bonds is 5. The fourth-order valence-corrected chi connectivity index (χ4v) is 1.60. The van der Waals surface area contributed by atoms with Crippen molar-refractivity contribution >= 4 is 5.95 Å². The van der Waals surface area contributed by atoms with E-state index in [4.69, 9.17) is 0 Å². The second-order valence-corrected chi connectivity index (χ2v) is 4.57. The van der Waals surface area contributed by atoms with Crippen molar-refractivity contribution in [3.8, 4) is 0 Å². The van der Waals surface area contributed by atoms with Gasteiger partial charge in [0.2, 0.25) is 5.95 Å². The lowest BCUT2D eigenvalue weighted by Gasteiger charge is -2.25. The molecule has 6 heteroatoms. The van der Waals surface area contributed by atoms with Crippen molar-refractivity contribution in [2.24, 2.45) is 13.0 Å². The highest BCUT2D eigenvalue weighted by molar-refractivity contribution is 5.21. The van der Waals surface area contributed by atoms with E-state index in [2.05, 4.69) is 34.7 Å². The average Bonchev–Trinajstić information content (AvgIpc) is 2.45. The predicted molar refractivity (Wildman–Crippen MR) is 57.4 cm³/mol. The number of aryl methyl sites for hydroxylation is 1. The van der Waals surface area contributed by atoms with Crippen LogP contribution in [0.2, 0.25) is 0 Å². The average molecular weight is 213 g/mol. The molecule has 0 aromatic carbocycles. The van der Waals surface area contributed by atoms with E-state index in [0.717, 1.165) is 6.42 Å². The molecule has 0 fully saturated rings. The first-order valence-electron chi connectivity index (χ1n) is 5.09. The third-order valence-corrected chi connectivity index (χ3v) is 2.10. The van der Waals surface area contributed by atoms with Gasteiger partial charge in [-0.1, -0.05) is 18.9 Å². The Labute approximate surface area is 89.7 Å². The lowest BCUT2D eigenvalue weighted by atomic mass is 9.94. The Balaban J connectivity index is 2.46. The summed E-state index contributed by atoms with van der Waals surface area (Å²) < 4.78 is 1.53. The van der Waals surface area contributed by atoms with Gasteiger partial charge in [0.15, 0.2) is 0 Å². The molecular weight excluding hydrogens is 194 g/mol. The van der Waals surface area contributed by atoms with Gasteiger partial charge in [-0.05, 0) is 29.7 Å². The third kappa shape index (κ3) is 3.83. The molecule has 0 bridgehead atoms. The lowest BCUT2D eigenvalue weighted by Crippen LogP contribution is -2.35. The van der Waals surface area contributed by atoms with Gasteiger partial charge in [0.05, 0.1) is 5.60 Å². The summed E-state index contributed by atoms with van der Waals surface area (Å²) in [6.07, 6.45) is 0.741. The Bertz CT molecular complexity index is 307. The van der Waals surface area contributed by atoms with Gasteiger partial charge in [0.1, 0.15) is 0 Å². The Hall–Kier alpha value is -1.17. The SMILES string of the molecule is CC(C)CC(C)(O)CNc1nnnn1C. The zero-order valence-electron chi connectivity index (χ0n) is 9.73. The number of hydrogen-bond acceptors (Lipinski definition) is 5. The molecule has 1 aromatic rings. The highest BCUT2D eigenvalue weighted by atomic mass is 16.3. The van der Waals surface area contributed by atoms with Gasteiger partial charge in [-0.25, -0.2) is 4.68 Å². The molecule has 0 saturated heterocycles. The van der Waals surface area contributed by atoms with Crippen LogP contribution in [0.15, 0.2) is 0 Å². The Kier molecular flexibility index (Phi) is 3.62. The fraction of sp³-hybridized carbons (Fsp3) is 0.889. The molecule has 1 rings (SSSR count). The van der Waals surface area contributed by atoms with E-state index in [1.165, 1.54) is 4.68 Å². The Morgan fingerprint density at radius 2 is 2.20 bits per heavy atom. The van der Waals surface area contributed by atoms with E-state index in [1.54, 1.807) is 7.05 Å². The minimum absolute atomic E-state index is 0.444. The van der Waals surface area contributed by atoms with Crippen molar-refractivity contribution in [1.29, 1.82) is 0 Å². The normalized spacial score (nSPS) is 15.3. The van der Waals surface area contributed by atoms with E-state index < -0.39 is 5.60 Å². The van der Waals surface area contributed by atoms with Crippen LogP contribution < -0.4 is 5.32 Å². The van der Waals surface area contributed by atoms with Gasteiger partial charge in [-0.15, -0.1) is 0 Å². The number of nitrogens with one attached hydrogen (secondary N) is 1. The number of aromatic nitrogens is 4. The molecule has 15 heavy (non-hydrogen) atoms. The van der Waals surface area contributed by atoms with Crippen LogP contribution in [0.1, 0.15) is 27.2 Å². The minimum Gasteiger partial charge on any atom is -0.388 e. The van der Waals surface area contributed by atoms with Crippen LogP contribution in [0.3, 0.4) is 0 Å². The van der Waals surface area contributed by atoms with Gasteiger partial charge >= 0.3 is 0 Å². The summed E-state index contributed by atoms with van der Waals surface area (Å²) >= 11 is 0. The van der Waals surface area contributed by atoms with Crippen molar-refractivity contribution in [3.05, 3.63) is 0 Å². The molecule has 0 amide bonds. The van der Waals surface area contributed by atoms with E-state index in [0.29, 0.717) is 18.4 Å². The largest absolute Gasteiger partial charge is 0.388 e. The van der Waals surface area contributed by atoms with Gasteiger partial charge < -0.3 is 10.4 Å². The van der Waals surface area contributed by atoms with E-state index in [1.807, 2.05) is 6.92 Å². The lowest BCUT2D eigenvalue weighted by molar-refractivity contribution is 0.0513. The molecule has 0 aliphatic rings. The summed E-state index contributed by atoms with van der Waals surface area (Å²) in [5.74, 6) is 1.03. The predicted octanol–water partition coefficient (Wildman–Crippen LogP) is 0.419. The summed E-state index contributed by atoms with van der Waals surface area (Å²) in [6, 6.07) is 0. The van der Waals surface area contributed by atoms with Gasteiger partial charge in [0.25, 0.3) is 0 Å². The molecule has 0 radical (unpaired) electrons. The number of aliphatic hydroxyl groups is 1. The van der Waals surface area contributed by atoms with Gasteiger partial charge in [0, 0.05) is 13.6 Å². The molecule has 0 aliphatic heterocycles. The van der Waals surface area contributed by atoms with E-state index in [9.17, 15) is 5.11 Å². The minimum atomic E-state index is -0.736. The van der Waals surface area contributed by atoms with E-state index >= 15 is 0 Å². The standard InChI is InChI=1S/C9H19N5O/c1-7(2)5-9(3,15)6-10-8-11-12-13-14(8)4/h7,15H,5-6H2,1-4H3,(H,10,11,13). The molecule has 2 N–H and O–H groups in total. The topological polar surface area (TPSA) is 75.9 Å². The molecule has 0 saturated carbocycles. The maximum Gasteiger partial charge on any atom is 0.242 e. The first-order chi connectivity index (χ1) is 6.91. The van der Waals surface area contributed by atoms with Gasteiger partial charge in [-0.3, -0.25) is 0 Å². The molecule has 1 heterocycles. The van der Waals surface area contributed by atoms with Crippen LogP contribution in [0.5, 0.6) is 0 Å².